The number of aryl methyl sites for hydroxylation is 1. The molecule has 0 aromatic heterocycles. The number of sulfone groups is 1. The minimum Gasteiger partial charge on any atom is -0.497 e. The molecule has 0 saturated heterocycles. The lowest BCUT2D eigenvalue weighted by molar-refractivity contribution is -0.120. The van der Waals surface area contributed by atoms with Gasteiger partial charge in [0.05, 0.1) is 18.6 Å². The second-order valence-corrected chi connectivity index (χ2v) is 8.09. The molecule has 26 heavy (non-hydrogen) atoms. The van der Waals surface area contributed by atoms with Crippen molar-refractivity contribution in [3.8, 4) is 11.5 Å². The molecule has 7 heteroatoms. The quantitative estimate of drug-likeness (QED) is 0.714. The first-order valence-corrected chi connectivity index (χ1v) is 9.74. The van der Waals surface area contributed by atoms with Crippen molar-refractivity contribution in [3.05, 3.63) is 54.1 Å². The van der Waals surface area contributed by atoms with Gasteiger partial charge in [-0.1, -0.05) is 12.1 Å². The van der Waals surface area contributed by atoms with Gasteiger partial charge in [-0.2, -0.15) is 0 Å². The van der Waals surface area contributed by atoms with Crippen molar-refractivity contribution in [3.63, 3.8) is 0 Å². The molecular weight excluding hydrogens is 354 g/mol. The summed E-state index contributed by atoms with van der Waals surface area (Å²) in [7, 11) is -2.27. The minimum atomic E-state index is -3.77. The molecule has 140 valence electrons. The summed E-state index contributed by atoms with van der Waals surface area (Å²) in [5.74, 6) is 0.696. The van der Waals surface area contributed by atoms with Crippen molar-refractivity contribution in [2.75, 3.05) is 20.3 Å². The van der Waals surface area contributed by atoms with E-state index in [2.05, 4.69) is 5.32 Å². The third-order valence-electron chi connectivity index (χ3n) is 3.88. The van der Waals surface area contributed by atoms with Crippen molar-refractivity contribution in [1.29, 1.82) is 0 Å². The number of nitrogens with one attached hydrogen (secondary N) is 1. The molecule has 1 amide bonds. The van der Waals surface area contributed by atoms with E-state index in [4.69, 9.17) is 9.47 Å². The molecule has 1 atom stereocenters. The first kappa shape index (κ1) is 19.8. The highest BCUT2D eigenvalue weighted by molar-refractivity contribution is 7.92. The molecule has 2 aromatic carbocycles. The van der Waals surface area contributed by atoms with E-state index >= 15 is 0 Å². The average molecular weight is 377 g/mol. The number of ether oxygens (including phenoxy) is 2. The zero-order valence-electron chi connectivity index (χ0n) is 15.1. The Morgan fingerprint density at radius 2 is 1.81 bits per heavy atom. The Bertz CT molecular complexity index is 846. The Hall–Kier alpha value is -2.54. The summed E-state index contributed by atoms with van der Waals surface area (Å²) in [6, 6.07) is 13.5. The number of rotatable bonds is 8. The van der Waals surface area contributed by atoms with Crippen LogP contribution in [0.4, 0.5) is 0 Å². The van der Waals surface area contributed by atoms with Gasteiger partial charge in [0, 0.05) is 0 Å². The highest BCUT2D eigenvalue weighted by atomic mass is 32.2. The third-order valence-corrected chi connectivity index (χ3v) is 5.96. The zero-order valence-corrected chi connectivity index (χ0v) is 15.9. The predicted octanol–water partition coefficient (Wildman–Crippen LogP) is 2.36. The summed E-state index contributed by atoms with van der Waals surface area (Å²) in [6.07, 6.45) is 0. The molecule has 2 rings (SSSR count). The monoisotopic (exact) mass is 377 g/mol. The Morgan fingerprint density at radius 1 is 1.12 bits per heavy atom. The lowest BCUT2D eigenvalue weighted by Crippen LogP contribution is -2.39. The van der Waals surface area contributed by atoms with E-state index in [1.165, 1.54) is 26.2 Å². The van der Waals surface area contributed by atoms with Crippen LogP contribution in [0.15, 0.2) is 53.4 Å². The lowest BCUT2D eigenvalue weighted by Gasteiger charge is -2.14. The SMILES string of the molecule is COc1ccc(S(=O)(=O)[C@@H](C)C(=O)NCCOc2cccc(C)c2)cc1. The van der Waals surface area contributed by atoms with Gasteiger partial charge in [-0.25, -0.2) is 8.42 Å². The van der Waals surface area contributed by atoms with Gasteiger partial charge in [-0.3, -0.25) is 4.79 Å². The molecule has 2 aromatic rings. The topological polar surface area (TPSA) is 81.7 Å². The number of methoxy groups -OCH3 is 1. The molecule has 0 aliphatic rings. The minimum absolute atomic E-state index is 0.0805. The fourth-order valence-electron chi connectivity index (χ4n) is 2.30. The summed E-state index contributed by atoms with van der Waals surface area (Å²) < 4.78 is 35.6. The number of amides is 1. The van der Waals surface area contributed by atoms with E-state index in [9.17, 15) is 13.2 Å². The standard InChI is InChI=1S/C19H23NO5S/c1-14-5-4-6-17(13-14)25-12-11-20-19(21)15(2)26(22,23)18-9-7-16(24-3)8-10-18/h4-10,13,15H,11-12H2,1-3H3,(H,20,21)/t15-/m0/s1. The van der Waals surface area contributed by atoms with Crippen LogP contribution in [0.5, 0.6) is 11.5 Å². The van der Waals surface area contributed by atoms with Gasteiger partial charge < -0.3 is 14.8 Å². The van der Waals surface area contributed by atoms with Crippen molar-refractivity contribution < 1.29 is 22.7 Å². The molecular formula is C19H23NO5S. The van der Waals surface area contributed by atoms with Crippen LogP contribution < -0.4 is 14.8 Å². The van der Waals surface area contributed by atoms with Crippen LogP contribution in [0, 0.1) is 6.92 Å². The molecule has 0 bridgehead atoms. The van der Waals surface area contributed by atoms with Crippen LogP contribution in [-0.2, 0) is 14.6 Å². The second-order valence-electron chi connectivity index (χ2n) is 5.82. The average Bonchev–Trinajstić information content (AvgIpc) is 2.64. The van der Waals surface area contributed by atoms with Crippen LogP contribution in [0.1, 0.15) is 12.5 Å². The molecule has 0 radical (unpaired) electrons. The molecule has 6 nitrogen and oxygen atoms in total. The van der Waals surface area contributed by atoms with Crippen molar-refractivity contribution in [2.24, 2.45) is 0 Å². The first-order chi connectivity index (χ1) is 12.3. The van der Waals surface area contributed by atoms with Crippen molar-refractivity contribution in [1.82, 2.24) is 5.32 Å². The highest BCUT2D eigenvalue weighted by Crippen LogP contribution is 2.20. The van der Waals surface area contributed by atoms with Gasteiger partial charge in [0.25, 0.3) is 0 Å². The van der Waals surface area contributed by atoms with Gasteiger partial charge in [0.1, 0.15) is 23.4 Å². The normalized spacial score (nSPS) is 12.3. The maximum Gasteiger partial charge on any atom is 0.238 e. The smallest absolute Gasteiger partial charge is 0.238 e. The molecule has 1 N–H and O–H groups in total. The predicted molar refractivity (Wildman–Crippen MR) is 99.3 cm³/mol. The Balaban J connectivity index is 1.89. The maximum absolute atomic E-state index is 12.5. The van der Waals surface area contributed by atoms with Gasteiger partial charge >= 0.3 is 0 Å². The summed E-state index contributed by atoms with van der Waals surface area (Å²) >= 11 is 0. The molecule has 0 heterocycles. The number of benzene rings is 2. The second kappa shape index (κ2) is 8.71. The van der Waals surface area contributed by atoms with E-state index in [0.29, 0.717) is 11.5 Å². The highest BCUT2D eigenvalue weighted by Gasteiger charge is 2.29. The molecule has 0 aliphatic carbocycles. The fraction of sp³-hybridized carbons (Fsp3) is 0.316. The van der Waals surface area contributed by atoms with Gasteiger partial charge in [-0.15, -0.1) is 0 Å². The van der Waals surface area contributed by atoms with Crippen LogP contribution in [0.3, 0.4) is 0 Å². The van der Waals surface area contributed by atoms with Gasteiger partial charge in [-0.05, 0) is 55.8 Å². The number of hydrogen-bond acceptors (Lipinski definition) is 5. The third kappa shape index (κ3) is 4.98. The van der Waals surface area contributed by atoms with E-state index in [1.807, 2.05) is 31.2 Å². The fourth-order valence-corrected chi connectivity index (χ4v) is 3.59. The molecule has 0 spiro atoms. The van der Waals surface area contributed by atoms with Crippen LogP contribution in [-0.4, -0.2) is 39.8 Å². The van der Waals surface area contributed by atoms with Crippen molar-refractivity contribution in [2.45, 2.75) is 24.0 Å². The molecule has 0 saturated carbocycles. The van der Waals surface area contributed by atoms with Gasteiger partial charge in [0.2, 0.25) is 5.91 Å². The van der Waals surface area contributed by atoms with Crippen LogP contribution in [0.25, 0.3) is 0 Å². The van der Waals surface area contributed by atoms with Gasteiger partial charge in [0.15, 0.2) is 9.84 Å². The molecule has 0 aliphatic heterocycles. The lowest BCUT2D eigenvalue weighted by atomic mass is 10.2. The summed E-state index contributed by atoms with van der Waals surface area (Å²) in [5, 5.41) is 1.40. The summed E-state index contributed by atoms with van der Waals surface area (Å²) in [6.45, 7) is 3.80. The molecule has 0 fully saturated rings. The Morgan fingerprint density at radius 3 is 2.42 bits per heavy atom. The Labute approximate surface area is 154 Å². The summed E-state index contributed by atoms with van der Waals surface area (Å²) in [5.41, 5.74) is 1.07. The number of hydrogen-bond donors (Lipinski definition) is 1. The largest absolute Gasteiger partial charge is 0.497 e. The van der Waals surface area contributed by atoms with Crippen molar-refractivity contribution >= 4 is 15.7 Å². The van der Waals surface area contributed by atoms with Crippen LogP contribution >= 0.6 is 0 Å². The van der Waals surface area contributed by atoms with Crippen LogP contribution in [0.2, 0.25) is 0 Å². The van der Waals surface area contributed by atoms with E-state index in [1.54, 1.807) is 12.1 Å². The number of carbonyl (C=O) groups is 1. The Kier molecular flexibility index (Phi) is 6.63. The molecule has 0 unspecified atom stereocenters. The van der Waals surface area contributed by atoms with E-state index < -0.39 is 21.0 Å². The maximum atomic E-state index is 12.5. The van der Waals surface area contributed by atoms with E-state index in [-0.39, 0.29) is 18.0 Å². The van der Waals surface area contributed by atoms with E-state index in [0.717, 1.165) is 5.56 Å². The summed E-state index contributed by atoms with van der Waals surface area (Å²) in [4.78, 5) is 12.3. The number of carbonyl (C=O) groups excluding carboxylic acids is 1. The first-order valence-electron chi connectivity index (χ1n) is 8.19. The zero-order chi connectivity index (χ0) is 19.2.